The maximum absolute atomic E-state index is 12.5. The summed E-state index contributed by atoms with van der Waals surface area (Å²) in [5.74, 6) is -0.620. The van der Waals surface area contributed by atoms with Gasteiger partial charge >= 0.3 is 5.97 Å². The predicted octanol–water partition coefficient (Wildman–Crippen LogP) is 0.841. The summed E-state index contributed by atoms with van der Waals surface area (Å²) < 4.78 is 30.9. The van der Waals surface area contributed by atoms with Gasteiger partial charge in [0.15, 0.2) is 0 Å². The molecule has 2 rings (SSSR count). The molecule has 110 valence electrons. The molecule has 0 amide bonds. The van der Waals surface area contributed by atoms with Gasteiger partial charge in [0.1, 0.15) is 11.8 Å². The van der Waals surface area contributed by atoms with Crippen LogP contribution in [0.15, 0.2) is 29.2 Å². The van der Waals surface area contributed by atoms with E-state index in [1.54, 1.807) is 0 Å². The van der Waals surface area contributed by atoms with Crippen molar-refractivity contribution in [2.75, 3.05) is 13.7 Å². The van der Waals surface area contributed by atoms with E-state index in [1.165, 1.54) is 31.4 Å². The second-order valence-corrected chi connectivity index (χ2v) is 7.11. The van der Waals surface area contributed by atoms with E-state index in [-0.39, 0.29) is 23.1 Å². The fraction of sp³-hybridized carbons (Fsp3) is 0.417. The van der Waals surface area contributed by atoms with Crippen LogP contribution in [0.3, 0.4) is 0 Å². The number of carboxylic acid groups (broad SMARTS) is 1. The Kier molecular flexibility index (Phi) is 4.26. The fourth-order valence-corrected chi connectivity index (χ4v) is 4.28. The van der Waals surface area contributed by atoms with Gasteiger partial charge in [0.25, 0.3) is 0 Å². The number of sulfonamides is 1. The van der Waals surface area contributed by atoms with Crippen LogP contribution in [0.25, 0.3) is 0 Å². The first-order valence-corrected chi connectivity index (χ1v) is 7.88. The standard InChI is InChI=1S/C12H15NO5S2/c1-18-8-2-4-10(5-3-8)20(16,17)13-7-9(19)6-11(13)12(14)15/h2-5,9,11,19H,6-7H2,1H3,(H,14,15)/t9?,11-/m0/s1. The maximum Gasteiger partial charge on any atom is 0.322 e. The number of hydrogen-bond donors (Lipinski definition) is 2. The van der Waals surface area contributed by atoms with Crippen molar-refractivity contribution >= 4 is 28.6 Å². The molecule has 0 aliphatic carbocycles. The highest BCUT2D eigenvalue weighted by Gasteiger charge is 2.42. The second kappa shape index (κ2) is 5.63. The van der Waals surface area contributed by atoms with E-state index in [0.29, 0.717) is 5.75 Å². The lowest BCUT2D eigenvalue weighted by molar-refractivity contribution is -0.140. The van der Waals surface area contributed by atoms with Crippen molar-refractivity contribution in [1.29, 1.82) is 0 Å². The summed E-state index contributed by atoms with van der Waals surface area (Å²) in [6.45, 7) is 0.0917. The van der Waals surface area contributed by atoms with E-state index in [2.05, 4.69) is 12.6 Å². The third-order valence-corrected chi connectivity index (χ3v) is 5.45. The minimum atomic E-state index is -3.84. The number of ether oxygens (including phenoxy) is 1. The lowest BCUT2D eigenvalue weighted by Crippen LogP contribution is -2.40. The molecule has 1 heterocycles. The molecule has 1 saturated heterocycles. The zero-order valence-electron chi connectivity index (χ0n) is 10.8. The molecule has 0 spiro atoms. The minimum absolute atomic E-state index is 0.0481. The molecule has 1 aromatic rings. The summed E-state index contributed by atoms with van der Waals surface area (Å²) in [7, 11) is -2.36. The Bertz CT molecular complexity index is 599. The van der Waals surface area contributed by atoms with E-state index >= 15 is 0 Å². The van der Waals surface area contributed by atoms with Crippen LogP contribution < -0.4 is 4.74 Å². The first kappa shape index (κ1) is 15.1. The maximum atomic E-state index is 12.5. The summed E-state index contributed by atoms with van der Waals surface area (Å²) in [6.07, 6.45) is 0.202. The number of aliphatic carboxylic acids is 1. The molecule has 8 heteroatoms. The van der Waals surface area contributed by atoms with Gasteiger partial charge in [-0.3, -0.25) is 4.79 Å². The highest BCUT2D eigenvalue weighted by atomic mass is 32.2. The van der Waals surface area contributed by atoms with Crippen molar-refractivity contribution in [1.82, 2.24) is 4.31 Å². The summed E-state index contributed by atoms with van der Waals surface area (Å²) in [6, 6.07) is 4.79. The van der Waals surface area contributed by atoms with Crippen molar-refractivity contribution in [3.8, 4) is 5.75 Å². The minimum Gasteiger partial charge on any atom is -0.497 e. The number of thiol groups is 1. The van der Waals surface area contributed by atoms with Crippen LogP contribution in [0.4, 0.5) is 0 Å². The molecular formula is C12H15NO5S2. The molecule has 1 aliphatic heterocycles. The number of methoxy groups -OCH3 is 1. The molecule has 0 aromatic heterocycles. The van der Waals surface area contributed by atoms with Crippen LogP contribution in [0.5, 0.6) is 5.75 Å². The first-order valence-electron chi connectivity index (χ1n) is 5.93. The lowest BCUT2D eigenvalue weighted by atomic mass is 10.2. The van der Waals surface area contributed by atoms with Crippen molar-refractivity contribution in [3.05, 3.63) is 24.3 Å². The number of nitrogens with zero attached hydrogens (tertiary/aromatic N) is 1. The second-order valence-electron chi connectivity index (χ2n) is 4.49. The van der Waals surface area contributed by atoms with Crippen molar-refractivity contribution < 1.29 is 23.1 Å². The number of carboxylic acids is 1. The molecule has 1 N–H and O–H groups in total. The topological polar surface area (TPSA) is 83.9 Å². The Balaban J connectivity index is 2.35. The Labute approximate surface area is 122 Å². The third kappa shape index (κ3) is 2.77. The van der Waals surface area contributed by atoms with Crippen molar-refractivity contribution in [3.63, 3.8) is 0 Å². The van der Waals surface area contributed by atoms with Gasteiger partial charge in [-0.05, 0) is 30.7 Å². The first-order chi connectivity index (χ1) is 9.36. The van der Waals surface area contributed by atoms with Crippen molar-refractivity contribution in [2.24, 2.45) is 0 Å². The quantitative estimate of drug-likeness (QED) is 0.804. The molecule has 6 nitrogen and oxygen atoms in total. The summed E-state index contributed by atoms with van der Waals surface area (Å²) in [5, 5.41) is 8.86. The fourth-order valence-electron chi connectivity index (χ4n) is 2.16. The molecule has 20 heavy (non-hydrogen) atoms. The highest BCUT2D eigenvalue weighted by Crippen LogP contribution is 2.29. The number of benzene rings is 1. The Morgan fingerprint density at radius 3 is 2.50 bits per heavy atom. The summed E-state index contributed by atoms with van der Waals surface area (Å²) in [5.41, 5.74) is 0. The van der Waals surface area contributed by atoms with Crippen molar-refractivity contribution in [2.45, 2.75) is 22.6 Å². The highest BCUT2D eigenvalue weighted by molar-refractivity contribution is 7.89. The molecule has 1 aliphatic rings. The molecule has 2 atom stereocenters. The molecule has 1 unspecified atom stereocenters. The zero-order chi connectivity index (χ0) is 14.9. The number of carbonyl (C=O) groups is 1. The predicted molar refractivity (Wildman–Crippen MR) is 75.7 cm³/mol. The van der Waals surface area contributed by atoms with Crippen LogP contribution in [0.1, 0.15) is 6.42 Å². The third-order valence-electron chi connectivity index (χ3n) is 3.18. The monoisotopic (exact) mass is 317 g/mol. The normalized spacial score (nSPS) is 23.7. The molecule has 0 bridgehead atoms. The molecule has 1 fully saturated rings. The van der Waals surface area contributed by atoms with E-state index in [4.69, 9.17) is 9.84 Å². The Hall–Kier alpha value is -1.25. The Morgan fingerprint density at radius 1 is 1.40 bits per heavy atom. The summed E-state index contributed by atoms with van der Waals surface area (Å²) >= 11 is 4.19. The Morgan fingerprint density at radius 2 is 2.00 bits per heavy atom. The molecule has 0 radical (unpaired) electrons. The van der Waals surface area contributed by atoms with Crippen LogP contribution in [-0.4, -0.2) is 48.7 Å². The van der Waals surface area contributed by atoms with Crippen LogP contribution in [0.2, 0.25) is 0 Å². The van der Waals surface area contributed by atoms with E-state index < -0.39 is 22.0 Å². The van der Waals surface area contributed by atoms with Gasteiger partial charge in [-0.15, -0.1) is 0 Å². The molecule has 1 aromatic carbocycles. The smallest absolute Gasteiger partial charge is 0.322 e. The van der Waals surface area contributed by atoms with E-state index in [0.717, 1.165) is 4.31 Å². The van der Waals surface area contributed by atoms with Gasteiger partial charge in [0.05, 0.1) is 12.0 Å². The van der Waals surface area contributed by atoms with Crippen LogP contribution in [-0.2, 0) is 14.8 Å². The average Bonchev–Trinajstić information content (AvgIpc) is 2.82. The SMILES string of the molecule is COc1ccc(S(=O)(=O)N2CC(S)C[C@H]2C(=O)O)cc1. The van der Waals surface area contributed by atoms with E-state index in [9.17, 15) is 13.2 Å². The van der Waals surface area contributed by atoms with Gasteiger partial charge in [0, 0.05) is 11.8 Å². The van der Waals surface area contributed by atoms with Gasteiger partial charge in [0.2, 0.25) is 10.0 Å². The molecule has 0 saturated carbocycles. The van der Waals surface area contributed by atoms with Crippen LogP contribution >= 0.6 is 12.6 Å². The van der Waals surface area contributed by atoms with Gasteiger partial charge in [-0.1, -0.05) is 0 Å². The van der Waals surface area contributed by atoms with Crippen LogP contribution in [0, 0.1) is 0 Å². The molecular weight excluding hydrogens is 302 g/mol. The average molecular weight is 317 g/mol. The largest absolute Gasteiger partial charge is 0.497 e. The van der Waals surface area contributed by atoms with Gasteiger partial charge < -0.3 is 9.84 Å². The number of hydrogen-bond acceptors (Lipinski definition) is 5. The van der Waals surface area contributed by atoms with Gasteiger partial charge in [-0.2, -0.15) is 16.9 Å². The lowest BCUT2D eigenvalue weighted by Gasteiger charge is -2.20. The summed E-state index contributed by atoms with van der Waals surface area (Å²) in [4.78, 5) is 11.2. The van der Waals surface area contributed by atoms with E-state index in [1.807, 2.05) is 0 Å². The number of rotatable bonds is 4. The van der Waals surface area contributed by atoms with Gasteiger partial charge in [-0.25, -0.2) is 8.42 Å². The zero-order valence-corrected chi connectivity index (χ0v) is 12.5.